The number of alkyl carbamates (subject to hydrolysis) is 1. The Morgan fingerprint density at radius 1 is 0.810 bits per heavy atom. The van der Waals surface area contributed by atoms with E-state index in [9.17, 15) is 14.4 Å². The Bertz CT molecular complexity index is 2040. The SMILES string of the molecule is CC.CO.COC(=O)NC(C(=O)N1CCCC1c1ncc(-c2ccc(-c3ccc(-c4cnc([C@@H]5CCCCC5C(=O)NCc5cccnc5)[nH]4)cc3)cc2)[nH]1)C(C)C. The number of ether oxygens (including phenoxy) is 1. The second-order valence-corrected chi connectivity index (χ2v) is 14.6. The quantitative estimate of drug-likeness (QED) is 0.0900. The van der Waals surface area contributed by atoms with Gasteiger partial charge in [-0.15, -0.1) is 0 Å². The number of likely N-dealkylation sites (tertiary alicyclic amines) is 1. The number of aromatic nitrogens is 5. The van der Waals surface area contributed by atoms with E-state index >= 15 is 0 Å². The number of pyridine rings is 1. The average Bonchev–Trinajstić information content (AvgIpc) is 4.09. The van der Waals surface area contributed by atoms with Gasteiger partial charge in [0.2, 0.25) is 11.8 Å². The topological polar surface area (TPSA) is 178 Å². The zero-order chi connectivity index (χ0) is 41.6. The fourth-order valence-corrected chi connectivity index (χ4v) is 7.80. The molecule has 2 aliphatic rings. The molecule has 1 aliphatic carbocycles. The Hall–Kier alpha value is -5.82. The molecule has 5 aromatic rings. The van der Waals surface area contributed by atoms with E-state index < -0.39 is 12.1 Å². The van der Waals surface area contributed by atoms with Crippen molar-refractivity contribution in [1.29, 1.82) is 0 Å². The average molecular weight is 791 g/mol. The molecule has 308 valence electrons. The molecule has 1 aliphatic heterocycles. The van der Waals surface area contributed by atoms with Crippen LogP contribution in [-0.4, -0.2) is 79.6 Å². The van der Waals surface area contributed by atoms with Crippen LogP contribution in [0.25, 0.3) is 33.6 Å². The minimum atomic E-state index is -0.677. The third kappa shape index (κ3) is 10.4. The zero-order valence-corrected chi connectivity index (χ0v) is 34.5. The zero-order valence-electron chi connectivity index (χ0n) is 34.5. The summed E-state index contributed by atoms with van der Waals surface area (Å²) in [5, 5.41) is 12.8. The van der Waals surface area contributed by atoms with Crippen molar-refractivity contribution < 1.29 is 24.2 Å². The Balaban J connectivity index is 0.00000155. The molecule has 13 heteroatoms. The van der Waals surface area contributed by atoms with Crippen LogP contribution in [0.2, 0.25) is 0 Å². The molecular weight excluding hydrogens is 733 g/mol. The molecule has 2 aromatic carbocycles. The van der Waals surface area contributed by atoms with Crippen LogP contribution in [-0.2, 0) is 20.9 Å². The summed E-state index contributed by atoms with van der Waals surface area (Å²) in [7, 11) is 2.30. The number of nitrogens with one attached hydrogen (secondary N) is 4. The van der Waals surface area contributed by atoms with Gasteiger partial charge in [-0.05, 0) is 65.5 Å². The number of aliphatic hydroxyl groups is 1. The number of H-pyrrole nitrogens is 2. The van der Waals surface area contributed by atoms with Gasteiger partial charge < -0.3 is 35.3 Å². The summed E-state index contributed by atoms with van der Waals surface area (Å²) in [5.41, 5.74) is 7.00. The third-order valence-corrected chi connectivity index (χ3v) is 10.8. The van der Waals surface area contributed by atoms with Crippen molar-refractivity contribution in [3.05, 3.63) is 103 Å². The highest BCUT2D eigenvalue weighted by atomic mass is 16.5. The lowest BCUT2D eigenvalue weighted by Crippen LogP contribution is -2.51. The van der Waals surface area contributed by atoms with Crippen LogP contribution in [0.3, 0.4) is 0 Å². The maximum absolute atomic E-state index is 13.5. The van der Waals surface area contributed by atoms with Gasteiger partial charge in [0, 0.05) is 44.4 Å². The van der Waals surface area contributed by atoms with Gasteiger partial charge in [0.1, 0.15) is 17.7 Å². The first kappa shape index (κ1) is 43.3. The number of methoxy groups -OCH3 is 1. The van der Waals surface area contributed by atoms with Gasteiger partial charge in [0.05, 0.1) is 36.9 Å². The van der Waals surface area contributed by atoms with Crippen LogP contribution in [0, 0.1) is 11.8 Å². The first-order chi connectivity index (χ1) is 28.3. The first-order valence-corrected chi connectivity index (χ1v) is 20.4. The van der Waals surface area contributed by atoms with E-state index in [0.29, 0.717) is 13.1 Å². The molecule has 0 spiro atoms. The summed E-state index contributed by atoms with van der Waals surface area (Å²) >= 11 is 0. The van der Waals surface area contributed by atoms with E-state index in [2.05, 4.69) is 79.1 Å². The van der Waals surface area contributed by atoms with Crippen LogP contribution >= 0.6 is 0 Å². The Kier molecular flexibility index (Phi) is 15.7. The summed E-state index contributed by atoms with van der Waals surface area (Å²) < 4.78 is 4.76. The minimum absolute atomic E-state index is 0.0531. The van der Waals surface area contributed by atoms with Gasteiger partial charge in [-0.1, -0.05) is 95.1 Å². The predicted octanol–water partition coefficient (Wildman–Crippen LogP) is 7.80. The maximum Gasteiger partial charge on any atom is 0.407 e. The maximum atomic E-state index is 13.5. The van der Waals surface area contributed by atoms with E-state index in [1.807, 2.05) is 57.1 Å². The van der Waals surface area contributed by atoms with Gasteiger partial charge in [-0.2, -0.15) is 0 Å². The number of benzene rings is 2. The molecule has 3 amide bonds. The first-order valence-electron chi connectivity index (χ1n) is 20.4. The smallest absolute Gasteiger partial charge is 0.407 e. The minimum Gasteiger partial charge on any atom is -0.453 e. The van der Waals surface area contributed by atoms with E-state index in [-0.39, 0.29) is 35.6 Å². The fraction of sp³-hybridized carbons (Fsp3) is 0.422. The number of nitrogens with zero attached hydrogens (tertiary/aromatic N) is 4. The van der Waals surface area contributed by atoms with E-state index in [0.717, 1.165) is 96.5 Å². The molecule has 13 nitrogen and oxygen atoms in total. The number of aromatic amines is 2. The van der Waals surface area contributed by atoms with Crippen LogP contribution in [0.5, 0.6) is 0 Å². The van der Waals surface area contributed by atoms with Crippen LogP contribution in [0.15, 0.2) is 85.5 Å². The predicted molar refractivity (Wildman–Crippen MR) is 225 cm³/mol. The van der Waals surface area contributed by atoms with E-state index in [1.165, 1.54) is 7.11 Å². The highest BCUT2D eigenvalue weighted by Crippen LogP contribution is 2.38. The van der Waals surface area contributed by atoms with Crippen molar-refractivity contribution in [1.82, 2.24) is 40.5 Å². The van der Waals surface area contributed by atoms with Gasteiger partial charge in [0.15, 0.2) is 0 Å². The Morgan fingerprint density at radius 3 is 1.98 bits per heavy atom. The van der Waals surface area contributed by atoms with Gasteiger partial charge in [-0.3, -0.25) is 14.6 Å². The lowest BCUT2D eigenvalue weighted by Gasteiger charge is -2.30. The van der Waals surface area contributed by atoms with Crippen molar-refractivity contribution in [2.24, 2.45) is 11.8 Å². The highest BCUT2D eigenvalue weighted by molar-refractivity contribution is 5.86. The second kappa shape index (κ2) is 21.1. The number of rotatable bonds is 11. The number of carbonyl (C=O) groups is 3. The van der Waals surface area contributed by atoms with Gasteiger partial charge in [-0.25, -0.2) is 14.8 Å². The lowest BCUT2D eigenvalue weighted by molar-refractivity contribution is -0.135. The Morgan fingerprint density at radius 2 is 1.40 bits per heavy atom. The number of hydrogen-bond acceptors (Lipinski definition) is 8. The highest BCUT2D eigenvalue weighted by Gasteiger charge is 2.38. The molecule has 4 heterocycles. The molecule has 58 heavy (non-hydrogen) atoms. The van der Waals surface area contributed by atoms with Gasteiger partial charge >= 0.3 is 6.09 Å². The molecule has 5 N–H and O–H groups in total. The monoisotopic (exact) mass is 790 g/mol. The van der Waals surface area contributed by atoms with E-state index in [4.69, 9.17) is 14.8 Å². The molecule has 4 atom stereocenters. The number of carbonyl (C=O) groups excluding carboxylic acids is 3. The molecular formula is C45H58N8O5. The number of hydrogen-bond donors (Lipinski definition) is 5. The van der Waals surface area contributed by atoms with Crippen molar-refractivity contribution in [3.8, 4) is 33.6 Å². The summed E-state index contributed by atoms with van der Waals surface area (Å²) in [6, 6.07) is 19.7. The molecule has 1 saturated heterocycles. The summed E-state index contributed by atoms with van der Waals surface area (Å²) in [5.74, 6) is 1.39. The summed E-state index contributed by atoms with van der Waals surface area (Å²) in [6.07, 6.45) is 12.1. The third-order valence-electron chi connectivity index (χ3n) is 10.8. The van der Waals surface area contributed by atoms with Crippen LogP contribution < -0.4 is 10.6 Å². The Labute approximate surface area is 341 Å². The molecule has 0 radical (unpaired) electrons. The van der Waals surface area contributed by atoms with Crippen molar-refractivity contribution in [2.75, 3.05) is 20.8 Å². The summed E-state index contributed by atoms with van der Waals surface area (Å²) in [6.45, 7) is 8.89. The standard InChI is InChI=1S/C42H48N8O4.C2H6.CH4O/c1-26(2)37(49-42(53)54-3)41(52)50-21-7-11-36(50)39-45-25-35(48-39)31-18-14-29(15-19-31)28-12-16-30(17-13-28)34-24-44-38(47-34)32-9-4-5-10-33(32)40(51)46-23-27-8-6-20-43-22-27;2*1-2/h6,8,12-20,22,24-26,32-33,36-37H,4-5,7,9-11,21,23H2,1-3H3,(H,44,47)(H,45,48)(H,46,51)(H,49,53);1-2H3;2H,1H3/t32-,33?,36?,37?;;/m1../s1. The fourth-order valence-electron chi connectivity index (χ4n) is 7.80. The molecule has 1 saturated carbocycles. The normalized spacial score (nSPS) is 17.9. The lowest BCUT2D eigenvalue weighted by atomic mass is 9.78. The number of imidazole rings is 2. The molecule has 0 bridgehead atoms. The molecule has 7 rings (SSSR count). The second-order valence-electron chi connectivity index (χ2n) is 14.6. The molecule has 3 unspecified atom stereocenters. The number of amides is 3. The van der Waals surface area contributed by atoms with E-state index in [1.54, 1.807) is 12.4 Å². The van der Waals surface area contributed by atoms with Crippen molar-refractivity contribution in [2.45, 2.75) is 90.8 Å². The number of aliphatic hydroxyl groups excluding tert-OH is 1. The summed E-state index contributed by atoms with van der Waals surface area (Å²) in [4.78, 5) is 61.1. The van der Waals surface area contributed by atoms with Crippen molar-refractivity contribution in [3.63, 3.8) is 0 Å². The van der Waals surface area contributed by atoms with Crippen molar-refractivity contribution >= 4 is 17.9 Å². The largest absolute Gasteiger partial charge is 0.453 e. The molecule has 3 aromatic heterocycles. The van der Waals surface area contributed by atoms with Gasteiger partial charge in [0.25, 0.3) is 0 Å². The van der Waals surface area contributed by atoms with Crippen LogP contribution in [0.4, 0.5) is 4.79 Å². The van der Waals surface area contributed by atoms with Crippen LogP contribution in [0.1, 0.15) is 95.4 Å². The molecule has 2 fully saturated rings.